The topological polar surface area (TPSA) is 70.9 Å². The smallest absolute Gasteiger partial charge is 0.277 e. The molecule has 0 saturated heterocycles. The Bertz CT molecular complexity index is 711. The third kappa shape index (κ3) is 6.12. The van der Waals surface area contributed by atoms with Crippen LogP contribution in [0.15, 0.2) is 47.6 Å². The fraction of sp³-hybridized carbons (Fsp3) is 0.0667. The van der Waals surface area contributed by atoms with E-state index in [1.807, 2.05) is 0 Å². The number of carbonyl (C=O) groups excluding carboxylic acids is 1. The van der Waals surface area contributed by atoms with Gasteiger partial charge in [0, 0.05) is 27.7 Å². The molecule has 1 amide bonds. The molecule has 0 aromatic heterocycles. The number of halogens is 2. The number of rotatable bonds is 5. The van der Waals surface area contributed by atoms with E-state index in [4.69, 9.17) is 27.9 Å². The predicted molar refractivity (Wildman–Crippen MR) is 85.8 cm³/mol. The van der Waals surface area contributed by atoms with Gasteiger partial charge in [-0.1, -0.05) is 35.3 Å². The summed E-state index contributed by atoms with van der Waals surface area (Å²) >= 11 is 11.7. The van der Waals surface area contributed by atoms with Crippen LogP contribution in [-0.2, 0) is 21.9 Å². The Kier molecular flexibility index (Phi) is 7.92. The van der Waals surface area contributed by atoms with Gasteiger partial charge in [0.05, 0.1) is 11.2 Å². The van der Waals surface area contributed by atoms with Gasteiger partial charge in [-0.15, -0.1) is 0 Å². The average molecular weight is 403 g/mol. The van der Waals surface area contributed by atoms with Crippen LogP contribution in [0, 0.1) is 0 Å². The standard InChI is InChI=1S/C15H12Cl2N2O3.Cu/c16-11-5-6-14(12(17)7-11)22-9-15(21)19-18-8-10-3-1-2-4-13(10)20;/h1-8,20H,9H2,(H,19,21);/b18-8-;. The van der Waals surface area contributed by atoms with Crippen molar-refractivity contribution < 1.29 is 31.7 Å². The quantitative estimate of drug-likeness (QED) is 0.458. The number of nitrogens with one attached hydrogen (secondary N) is 1. The van der Waals surface area contributed by atoms with Crippen molar-refractivity contribution in [2.24, 2.45) is 5.10 Å². The monoisotopic (exact) mass is 401 g/mol. The van der Waals surface area contributed by atoms with Crippen molar-refractivity contribution >= 4 is 35.3 Å². The van der Waals surface area contributed by atoms with E-state index >= 15 is 0 Å². The summed E-state index contributed by atoms with van der Waals surface area (Å²) in [6.45, 7) is -0.251. The van der Waals surface area contributed by atoms with Gasteiger partial charge in [-0.3, -0.25) is 4.79 Å². The molecule has 5 nitrogen and oxygen atoms in total. The first-order chi connectivity index (χ1) is 10.6. The van der Waals surface area contributed by atoms with E-state index in [-0.39, 0.29) is 29.4 Å². The average Bonchev–Trinajstić information content (AvgIpc) is 2.48. The van der Waals surface area contributed by atoms with Crippen molar-refractivity contribution in [2.75, 3.05) is 6.61 Å². The Morgan fingerprint density at radius 1 is 1.26 bits per heavy atom. The van der Waals surface area contributed by atoms with Crippen LogP contribution in [-0.4, -0.2) is 23.8 Å². The Morgan fingerprint density at radius 3 is 2.70 bits per heavy atom. The maximum atomic E-state index is 11.6. The summed E-state index contributed by atoms with van der Waals surface area (Å²) in [5.41, 5.74) is 2.77. The minimum atomic E-state index is -0.460. The van der Waals surface area contributed by atoms with E-state index in [0.717, 1.165) is 0 Å². The third-order valence-corrected chi connectivity index (χ3v) is 3.11. The molecule has 0 aliphatic carbocycles. The molecule has 8 heteroatoms. The largest absolute Gasteiger partial charge is 0.507 e. The molecule has 2 aromatic carbocycles. The van der Waals surface area contributed by atoms with Gasteiger partial charge in [-0.05, 0) is 30.3 Å². The molecule has 0 bridgehead atoms. The molecular weight excluding hydrogens is 391 g/mol. The second kappa shape index (κ2) is 9.43. The Morgan fingerprint density at radius 2 is 2.00 bits per heavy atom. The van der Waals surface area contributed by atoms with Crippen molar-refractivity contribution in [3.63, 3.8) is 0 Å². The zero-order valence-corrected chi connectivity index (χ0v) is 14.0. The fourth-order valence-electron chi connectivity index (χ4n) is 1.54. The summed E-state index contributed by atoms with van der Waals surface area (Å²) in [5.74, 6) is -0.0340. The minimum absolute atomic E-state index is 0. The number of benzene rings is 2. The molecule has 125 valence electrons. The maximum Gasteiger partial charge on any atom is 0.277 e. The number of para-hydroxylation sites is 1. The first kappa shape index (κ1) is 19.3. The van der Waals surface area contributed by atoms with Crippen LogP contribution >= 0.6 is 23.2 Å². The SMILES string of the molecule is O=C(COc1ccc(Cl)cc1Cl)N/N=C\c1ccccc1O.[Cu]. The molecule has 0 spiro atoms. The second-order valence-electron chi connectivity index (χ2n) is 4.22. The molecule has 0 unspecified atom stereocenters. The molecule has 23 heavy (non-hydrogen) atoms. The van der Waals surface area contributed by atoms with Crippen molar-refractivity contribution in [2.45, 2.75) is 0 Å². The van der Waals surface area contributed by atoms with Crippen LogP contribution < -0.4 is 10.2 Å². The van der Waals surface area contributed by atoms with E-state index in [1.165, 1.54) is 18.3 Å². The van der Waals surface area contributed by atoms with Crippen LogP contribution in [0.2, 0.25) is 10.0 Å². The maximum absolute atomic E-state index is 11.6. The molecule has 2 rings (SSSR count). The van der Waals surface area contributed by atoms with Gasteiger partial charge in [-0.25, -0.2) is 5.43 Å². The Hall–Kier alpha value is -1.72. The zero-order chi connectivity index (χ0) is 15.9. The minimum Gasteiger partial charge on any atom is -0.507 e. The van der Waals surface area contributed by atoms with Crippen molar-refractivity contribution in [3.8, 4) is 11.5 Å². The van der Waals surface area contributed by atoms with Gasteiger partial charge < -0.3 is 9.84 Å². The van der Waals surface area contributed by atoms with E-state index in [9.17, 15) is 9.90 Å². The predicted octanol–water partition coefficient (Wildman–Crippen LogP) is 3.23. The number of hydrogen-bond donors (Lipinski definition) is 2. The van der Waals surface area contributed by atoms with E-state index < -0.39 is 5.91 Å². The summed E-state index contributed by atoms with van der Waals surface area (Å²) in [4.78, 5) is 11.6. The molecule has 0 aliphatic rings. The van der Waals surface area contributed by atoms with Gasteiger partial charge in [0.2, 0.25) is 0 Å². The molecule has 2 N–H and O–H groups in total. The van der Waals surface area contributed by atoms with Crippen LogP contribution in [0.5, 0.6) is 11.5 Å². The van der Waals surface area contributed by atoms with Gasteiger partial charge in [-0.2, -0.15) is 5.10 Å². The van der Waals surface area contributed by atoms with Gasteiger partial charge in [0.25, 0.3) is 5.91 Å². The van der Waals surface area contributed by atoms with Crippen LogP contribution in [0.25, 0.3) is 0 Å². The molecular formula is C15H12Cl2CuN2O3. The number of ether oxygens (including phenoxy) is 1. The summed E-state index contributed by atoms with van der Waals surface area (Å²) in [6, 6.07) is 11.3. The van der Waals surface area contributed by atoms with E-state index in [0.29, 0.717) is 21.4 Å². The zero-order valence-electron chi connectivity index (χ0n) is 11.6. The van der Waals surface area contributed by atoms with E-state index in [2.05, 4.69) is 10.5 Å². The normalized spacial score (nSPS) is 10.2. The van der Waals surface area contributed by atoms with Crippen LogP contribution in [0.4, 0.5) is 0 Å². The number of hydrazone groups is 1. The number of amides is 1. The van der Waals surface area contributed by atoms with Gasteiger partial charge in [0.15, 0.2) is 6.61 Å². The van der Waals surface area contributed by atoms with Crippen LogP contribution in [0.3, 0.4) is 0 Å². The molecule has 0 saturated carbocycles. The molecule has 0 aliphatic heterocycles. The molecule has 1 radical (unpaired) electrons. The number of hydrogen-bond acceptors (Lipinski definition) is 4. The number of phenols is 1. The molecule has 0 heterocycles. The van der Waals surface area contributed by atoms with Gasteiger partial charge in [0.1, 0.15) is 11.5 Å². The van der Waals surface area contributed by atoms with Crippen molar-refractivity contribution in [3.05, 3.63) is 58.1 Å². The Balaban J connectivity index is 0.00000264. The third-order valence-electron chi connectivity index (χ3n) is 2.58. The summed E-state index contributed by atoms with van der Waals surface area (Å²) in [5, 5.41) is 14.1. The first-order valence-electron chi connectivity index (χ1n) is 6.24. The number of carbonyl (C=O) groups is 1. The van der Waals surface area contributed by atoms with E-state index in [1.54, 1.807) is 30.3 Å². The molecule has 0 fully saturated rings. The number of aromatic hydroxyl groups is 1. The first-order valence-corrected chi connectivity index (χ1v) is 6.99. The summed E-state index contributed by atoms with van der Waals surface area (Å²) in [7, 11) is 0. The van der Waals surface area contributed by atoms with Crippen molar-refractivity contribution in [1.82, 2.24) is 5.43 Å². The fourth-order valence-corrected chi connectivity index (χ4v) is 2.00. The summed E-state index contributed by atoms with van der Waals surface area (Å²) in [6.07, 6.45) is 1.34. The number of phenolic OH excluding ortho intramolecular Hbond substituents is 1. The van der Waals surface area contributed by atoms with Crippen LogP contribution in [0.1, 0.15) is 5.56 Å². The molecule has 2 aromatic rings. The van der Waals surface area contributed by atoms with Crippen molar-refractivity contribution in [1.29, 1.82) is 0 Å². The van der Waals surface area contributed by atoms with Gasteiger partial charge >= 0.3 is 0 Å². The second-order valence-corrected chi connectivity index (χ2v) is 5.06. The Labute approximate surface area is 153 Å². The summed E-state index contributed by atoms with van der Waals surface area (Å²) < 4.78 is 5.25. The number of nitrogens with zero attached hydrogens (tertiary/aromatic N) is 1. The molecule has 0 atom stereocenters.